The number of furan rings is 1. The number of hydrogen-bond donors (Lipinski definition) is 1. The fourth-order valence-electron chi connectivity index (χ4n) is 2.94. The minimum absolute atomic E-state index is 0.0394. The summed E-state index contributed by atoms with van der Waals surface area (Å²) in [6, 6.07) is 10.2. The highest BCUT2D eigenvalue weighted by atomic mass is 16.5. The number of hydrogen-bond acceptors (Lipinski definition) is 3. The first-order valence-electron chi connectivity index (χ1n) is 6.71. The van der Waals surface area contributed by atoms with Crippen molar-refractivity contribution >= 4 is 0 Å². The molecule has 3 nitrogen and oxygen atoms in total. The van der Waals surface area contributed by atoms with E-state index in [1.807, 2.05) is 32.0 Å². The third-order valence-corrected chi connectivity index (χ3v) is 3.88. The number of ether oxygens (including phenoxy) is 1. The molecule has 2 N–H and O–H groups in total. The molecular weight excluding hydrogens is 238 g/mol. The van der Waals surface area contributed by atoms with E-state index in [9.17, 15) is 0 Å². The Kier molecular flexibility index (Phi) is 3.07. The molecule has 2 heterocycles. The lowest BCUT2D eigenvalue weighted by Crippen LogP contribution is -2.25. The summed E-state index contributed by atoms with van der Waals surface area (Å²) in [5.74, 6) is 3.10. The van der Waals surface area contributed by atoms with Crippen LogP contribution in [0.2, 0.25) is 0 Å². The maximum atomic E-state index is 6.48. The first-order chi connectivity index (χ1) is 9.16. The highest BCUT2D eigenvalue weighted by molar-refractivity contribution is 5.40. The molecule has 0 aliphatic carbocycles. The molecule has 2 atom stereocenters. The van der Waals surface area contributed by atoms with Crippen LogP contribution in [-0.4, -0.2) is 6.61 Å². The van der Waals surface area contributed by atoms with Crippen LogP contribution in [0, 0.1) is 13.8 Å². The van der Waals surface area contributed by atoms with Crippen LogP contribution in [-0.2, 0) is 0 Å². The lowest BCUT2D eigenvalue weighted by molar-refractivity contribution is 0.255. The highest BCUT2D eigenvalue weighted by Gasteiger charge is 2.29. The highest BCUT2D eigenvalue weighted by Crippen LogP contribution is 2.41. The van der Waals surface area contributed by atoms with Gasteiger partial charge in [0.25, 0.3) is 0 Å². The van der Waals surface area contributed by atoms with E-state index in [4.69, 9.17) is 14.9 Å². The van der Waals surface area contributed by atoms with Gasteiger partial charge >= 0.3 is 0 Å². The molecule has 0 saturated heterocycles. The fraction of sp³-hybridized carbons (Fsp3) is 0.375. The van der Waals surface area contributed by atoms with Gasteiger partial charge in [-0.15, -0.1) is 0 Å². The van der Waals surface area contributed by atoms with Crippen molar-refractivity contribution < 1.29 is 9.15 Å². The smallest absolute Gasteiger partial charge is 0.122 e. The lowest BCUT2D eigenvalue weighted by Gasteiger charge is -2.30. The largest absolute Gasteiger partial charge is 0.493 e. The Hall–Kier alpha value is -1.74. The minimum Gasteiger partial charge on any atom is -0.493 e. The summed E-state index contributed by atoms with van der Waals surface area (Å²) in [6.07, 6.45) is 0.946. The Bertz CT molecular complexity index is 588. The molecule has 0 fully saturated rings. The van der Waals surface area contributed by atoms with Crippen molar-refractivity contribution in [1.29, 1.82) is 0 Å². The standard InChI is InChI=1S/C16H19NO2/c1-10-9-14(11(2)19-10)16(17)13-7-8-18-15-6-4-3-5-12(13)15/h3-6,9,13,16H,7-8,17H2,1-2H3. The zero-order valence-electron chi connectivity index (χ0n) is 11.3. The average Bonchev–Trinajstić information content (AvgIpc) is 2.76. The van der Waals surface area contributed by atoms with Gasteiger partial charge in [0.1, 0.15) is 17.3 Å². The van der Waals surface area contributed by atoms with Crippen LogP contribution in [0.3, 0.4) is 0 Å². The summed E-state index contributed by atoms with van der Waals surface area (Å²) >= 11 is 0. The molecule has 1 aromatic carbocycles. The van der Waals surface area contributed by atoms with Crippen molar-refractivity contribution in [1.82, 2.24) is 0 Å². The molecule has 19 heavy (non-hydrogen) atoms. The van der Waals surface area contributed by atoms with Gasteiger partial charge in [-0.1, -0.05) is 18.2 Å². The van der Waals surface area contributed by atoms with Crippen molar-refractivity contribution in [2.75, 3.05) is 6.61 Å². The number of para-hydroxylation sites is 1. The molecule has 2 unspecified atom stereocenters. The van der Waals surface area contributed by atoms with Gasteiger partial charge in [-0.05, 0) is 38.0 Å². The molecule has 100 valence electrons. The molecule has 0 saturated carbocycles. The number of nitrogens with two attached hydrogens (primary N) is 1. The van der Waals surface area contributed by atoms with E-state index >= 15 is 0 Å². The monoisotopic (exact) mass is 257 g/mol. The Morgan fingerprint density at radius 3 is 2.79 bits per heavy atom. The van der Waals surface area contributed by atoms with Gasteiger partial charge in [-0.2, -0.15) is 0 Å². The van der Waals surface area contributed by atoms with Crippen molar-refractivity contribution in [2.24, 2.45) is 5.73 Å². The van der Waals surface area contributed by atoms with Gasteiger partial charge in [0, 0.05) is 17.5 Å². The van der Waals surface area contributed by atoms with Gasteiger partial charge in [-0.25, -0.2) is 0 Å². The molecule has 0 amide bonds. The average molecular weight is 257 g/mol. The Labute approximate surface area is 113 Å². The van der Waals surface area contributed by atoms with E-state index in [1.54, 1.807) is 0 Å². The number of rotatable bonds is 2. The Balaban J connectivity index is 1.97. The summed E-state index contributed by atoms with van der Waals surface area (Å²) < 4.78 is 11.3. The lowest BCUT2D eigenvalue weighted by atomic mass is 9.84. The third-order valence-electron chi connectivity index (χ3n) is 3.88. The molecular formula is C16H19NO2. The Morgan fingerprint density at radius 2 is 2.05 bits per heavy atom. The van der Waals surface area contributed by atoms with Crippen LogP contribution in [0.15, 0.2) is 34.7 Å². The third kappa shape index (κ3) is 2.15. The minimum atomic E-state index is -0.0394. The number of aryl methyl sites for hydroxylation is 2. The molecule has 3 heteroatoms. The van der Waals surface area contributed by atoms with E-state index < -0.39 is 0 Å². The molecule has 1 aliphatic heterocycles. The summed E-state index contributed by atoms with van der Waals surface area (Å²) in [7, 11) is 0. The molecule has 0 spiro atoms. The van der Waals surface area contributed by atoms with Gasteiger partial charge in [0.2, 0.25) is 0 Å². The summed E-state index contributed by atoms with van der Waals surface area (Å²) in [5, 5.41) is 0. The van der Waals surface area contributed by atoms with Crippen LogP contribution in [0.4, 0.5) is 0 Å². The van der Waals surface area contributed by atoms with Crippen molar-refractivity contribution in [3.63, 3.8) is 0 Å². The van der Waals surface area contributed by atoms with Crippen molar-refractivity contribution in [3.8, 4) is 5.75 Å². The van der Waals surface area contributed by atoms with Gasteiger partial charge in [0.05, 0.1) is 6.61 Å². The first kappa shape index (κ1) is 12.3. The maximum absolute atomic E-state index is 6.48. The van der Waals surface area contributed by atoms with Gasteiger partial charge in [0.15, 0.2) is 0 Å². The zero-order valence-corrected chi connectivity index (χ0v) is 11.3. The summed E-state index contributed by atoms with van der Waals surface area (Å²) in [6.45, 7) is 4.67. The molecule has 1 aromatic heterocycles. The van der Waals surface area contributed by atoms with Gasteiger partial charge < -0.3 is 14.9 Å². The predicted molar refractivity (Wildman–Crippen MR) is 74.4 cm³/mol. The van der Waals surface area contributed by atoms with E-state index in [1.165, 1.54) is 5.56 Å². The van der Waals surface area contributed by atoms with E-state index in [0.29, 0.717) is 5.92 Å². The number of fused-ring (bicyclic) bond motifs is 1. The Morgan fingerprint density at radius 1 is 1.26 bits per heavy atom. The maximum Gasteiger partial charge on any atom is 0.122 e. The molecule has 1 aliphatic rings. The van der Waals surface area contributed by atoms with Crippen LogP contribution < -0.4 is 10.5 Å². The second-order valence-corrected chi connectivity index (χ2v) is 5.18. The quantitative estimate of drug-likeness (QED) is 0.896. The first-order valence-corrected chi connectivity index (χ1v) is 6.71. The summed E-state index contributed by atoms with van der Waals surface area (Å²) in [4.78, 5) is 0. The molecule has 0 radical (unpaired) electrons. The van der Waals surface area contributed by atoms with Gasteiger partial charge in [-0.3, -0.25) is 0 Å². The molecule has 3 rings (SSSR count). The molecule has 2 aromatic rings. The number of benzene rings is 1. The second kappa shape index (κ2) is 4.74. The zero-order chi connectivity index (χ0) is 13.4. The van der Waals surface area contributed by atoms with E-state index in [-0.39, 0.29) is 6.04 Å². The fourth-order valence-corrected chi connectivity index (χ4v) is 2.94. The van der Waals surface area contributed by atoms with Crippen LogP contribution >= 0.6 is 0 Å². The van der Waals surface area contributed by atoms with E-state index in [0.717, 1.165) is 35.9 Å². The van der Waals surface area contributed by atoms with Crippen LogP contribution in [0.5, 0.6) is 5.75 Å². The predicted octanol–water partition coefficient (Wildman–Crippen LogP) is 3.46. The normalized spacial score (nSPS) is 19.6. The topological polar surface area (TPSA) is 48.4 Å². The SMILES string of the molecule is Cc1cc(C(N)C2CCOc3ccccc32)c(C)o1. The van der Waals surface area contributed by atoms with Crippen LogP contribution in [0.1, 0.15) is 41.0 Å². The second-order valence-electron chi connectivity index (χ2n) is 5.18. The summed E-state index contributed by atoms with van der Waals surface area (Å²) in [5.41, 5.74) is 8.80. The van der Waals surface area contributed by atoms with Crippen molar-refractivity contribution in [3.05, 3.63) is 53.0 Å². The van der Waals surface area contributed by atoms with Crippen molar-refractivity contribution in [2.45, 2.75) is 32.2 Å². The van der Waals surface area contributed by atoms with Crippen LogP contribution in [0.25, 0.3) is 0 Å². The van der Waals surface area contributed by atoms with E-state index in [2.05, 4.69) is 12.1 Å². The molecule has 0 bridgehead atoms.